The Kier molecular flexibility index (Phi) is 6.38. The van der Waals surface area contributed by atoms with E-state index in [0.29, 0.717) is 11.4 Å². The van der Waals surface area contributed by atoms with Crippen molar-refractivity contribution in [3.63, 3.8) is 0 Å². The van der Waals surface area contributed by atoms with Crippen LogP contribution in [0.5, 0.6) is 5.75 Å². The molecule has 1 aliphatic rings. The zero-order chi connectivity index (χ0) is 18.4. The van der Waals surface area contributed by atoms with E-state index >= 15 is 0 Å². The highest BCUT2D eigenvalue weighted by Gasteiger charge is 2.28. The van der Waals surface area contributed by atoms with Gasteiger partial charge in [-0.1, -0.05) is 32.4 Å². The van der Waals surface area contributed by atoms with Crippen molar-refractivity contribution in [2.45, 2.75) is 32.7 Å². The van der Waals surface area contributed by atoms with Gasteiger partial charge in [-0.3, -0.25) is 9.59 Å². The molecule has 0 aromatic heterocycles. The molecule has 1 heterocycles. The molecule has 0 radical (unpaired) electrons. The summed E-state index contributed by atoms with van der Waals surface area (Å²) in [7, 11) is 1.30. The van der Waals surface area contributed by atoms with Crippen molar-refractivity contribution in [2.75, 3.05) is 25.2 Å². The van der Waals surface area contributed by atoms with Crippen LogP contribution in [0.25, 0.3) is 0 Å². The first-order valence-corrected chi connectivity index (χ1v) is 8.37. The number of carbonyl (C=O) groups excluding carboxylic acids is 3. The molecular formula is C18H24N2O5. The highest BCUT2D eigenvalue weighted by atomic mass is 16.5. The minimum absolute atomic E-state index is 0.0397. The van der Waals surface area contributed by atoms with Gasteiger partial charge in [-0.15, -0.1) is 0 Å². The minimum atomic E-state index is -0.685. The standard InChI is InChI=1S/C18H24N2O5/c1-4-12(2)17(18(23)24-3)19-15(21)9-10-20-13-7-5-6-8-14(13)25-11-16(20)22/h5-8,12,17H,4,9-11H2,1-3H3,(H,19,21)/t12-,17-/m0/s1. The Bertz CT molecular complexity index is 646. The van der Waals surface area contributed by atoms with Crippen molar-refractivity contribution in [1.82, 2.24) is 5.32 Å². The van der Waals surface area contributed by atoms with Crippen molar-refractivity contribution in [3.8, 4) is 5.75 Å². The Balaban J connectivity index is 1.99. The summed E-state index contributed by atoms with van der Waals surface area (Å²) in [4.78, 5) is 37.8. The lowest BCUT2D eigenvalue weighted by atomic mass is 9.99. The van der Waals surface area contributed by atoms with Gasteiger partial charge in [0.25, 0.3) is 5.91 Å². The number of hydrogen-bond donors (Lipinski definition) is 1. The summed E-state index contributed by atoms with van der Waals surface area (Å²) in [5, 5.41) is 2.71. The zero-order valence-electron chi connectivity index (χ0n) is 14.8. The van der Waals surface area contributed by atoms with E-state index < -0.39 is 12.0 Å². The van der Waals surface area contributed by atoms with Crippen LogP contribution in [0.3, 0.4) is 0 Å². The lowest BCUT2D eigenvalue weighted by Crippen LogP contribution is -2.47. The number of nitrogens with zero attached hydrogens (tertiary/aromatic N) is 1. The molecule has 1 aromatic rings. The van der Waals surface area contributed by atoms with Gasteiger partial charge in [-0.25, -0.2) is 4.79 Å². The fraction of sp³-hybridized carbons (Fsp3) is 0.500. The second-order valence-electron chi connectivity index (χ2n) is 6.01. The fourth-order valence-electron chi connectivity index (χ4n) is 2.65. The van der Waals surface area contributed by atoms with E-state index in [1.54, 1.807) is 12.1 Å². The van der Waals surface area contributed by atoms with E-state index in [1.807, 2.05) is 26.0 Å². The molecule has 0 aliphatic carbocycles. The van der Waals surface area contributed by atoms with E-state index in [2.05, 4.69) is 5.32 Å². The molecule has 0 unspecified atom stereocenters. The summed E-state index contributed by atoms with van der Waals surface area (Å²) in [6, 6.07) is 6.51. The number of carbonyl (C=O) groups is 3. The van der Waals surface area contributed by atoms with Gasteiger partial charge in [0.2, 0.25) is 5.91 Å². The Labute approximate surface area is 147 Å². The van der Waals surface area contributed by atoms with Crippen LogP contribution in [0.1, 0.15) is 26.7 Å². The molecule has 0 saturated carbocycles. The number of anilines is 1. The van der Waals surface area contributed by atoms with Gasteiger partial charge in [-0.2, -0.15) is 0 Å². The largest absolute Gasteiger partial charge is 0.482 e. The van der Waals surface area contributed by atoms with Crippen molar-refractivity contribution in [3.05, 3.63) is 24.3 Å². The van der Waals surface area contributed by atoms with Crippen LogP contribution in [0.4, 0.5) is 5.69 Å². The SMILES string of the molecule is CC[C@H](C)[C@H](NC(=O)CCN1C(=O)COc2ccccc21)C(=O)OC. The second-order valence-corrected chi connectivity index (χ2v) is 6.01. The maximum absolute atomic E-state index is 12.3. The topological polar surface area (TPSA) is 84.9 Å². The fourth-order valence-corrected chi connectivity index (χ4v) is 2.65. The number of esters is 1. The van der Waals surface area contributed by atoms with E-state index in [4.69, 9.17) is 9.47 Å². The molecule has 7 heteroatoms. The van der Waals surface area contributed by atoms with E-state index in [-0.39, 0.29) is 37.3 Å². The van der Waals surface area contributed by atoms with Crippen LogP contribution < -0.4 is 15.0 Å². The zero-order valence-corrected chi connectivity index (χ0v) is 14.8. The highest BCUT2D eigenvalue weighted by molar-refractivity contribution is 5.98. The van der Waals surface area contributed by atoms with Crippen LogP contribution in [0, 0.1) is 5.92 Å². The van der Waals surface area contributed by atoms with Crippen molar-refractivity contribution in [2.24, 2.45) is 5.92 Å². The normalized spacial score (nSPS) is 15.6. The molecule has 0 saturated heterocycles. The number of rotatable bonds is 7. The Morgan fingerprint density at radius 3 is 2.76 bits per heavy atom. The molecule has 0 spiro atoms. The Hall–Kier alpha value is -2.57. The number of para-hydroxylation sites is 2. The molecule has 0 bridgehead atoms. The van der Waals surface area contributed by atoms with Gasteiger partial charge in [0, 0.05) is 13.0 Å². The molecule has 2 rings (SSSR count). The number of ether oxygens (including phenoxy) is 2. The van der Waals surface area contributed by atoms with Crippen molar-refractivity contribution >= 4 is 23.5 Å². The maximum atomic E-state index is 12.3. The summed E-state index contributed by atoms with van der Waals surface area (Å²) in [5.41, 5.74) is 0.651. The van der Waals surface area contributed by atoms with Gasteiger partial charge in [0.05, 0.1) is 12.8 Å². The molecule has 7 nitrogen and oxygen atoms in total. The molecular weight excluding hydrogens is 324 g/mol. The quantitative estimate of drug-likeness (QED) is 0.755. The lowest BCUT2D eigenvalue weighted by molar-refractivity contribution is -0.146. The molecule has 25 heavy (non-hydrogen) atoms. The van der Waals surface area contributed by atoms with Crippen molar-refractivity contribution in [1.29, 1.82) is 0 Å². The lowest BCUT2D eigenvalue weighted by Gasteiger charge is -2.29. The predicted molar refractivity (Wildman–Crippen MR) is 92.3 cm³/mol. The van der Waals surface area contributed by atoms with Crippen LogP contribution in [-0.4, -0.2) is 44.1 Å². The van der Waals surface area contributed by atoms with Crippen LogP contribution in [-0.2, 0) is 19.1 Å². The second kappa shape index (κ2) is 8.50. The molecule has 2 atom stereocenters. The van der Waals surface area contributed by atoms with Crippen LogP contribution in [0.2, 0.25) is 0 Å². The van der Waals surface area contributed by atoms with Crippen LogP contribution >= 0.6 is 0 Å². The molecule has 2 amide bonds. The Morgan fingerprint density at radius 2 is 2.08 bits per heavy atom. The van der Waals surface area contributed by atoms with E-state index in [0.717, 1.165) is 6.42 Å². The minimum Gasteiger partial charge on any atom is -0.482 e. The van der Waals surface area contributed by atoms with Gasteiger partial charge in [0.15, 0.2) is 6.61 Å². The molecule has 136 valence electrons. The summed E-state index contributed by atoms with van der Waals surface area (Å²) in [6.45, 7) is 4.00. The number of benzene rings is 1. The first kappa shape index (κ1) is 18.8. The third-order valence-electron chi connectivity index (χ3n) is 4.36. The van der Waals surface area contributed by atoms with Gasteiger partial charge >= 0.3 is 5.97 Å². The summed E-state index contributed by atoms with van der Waals surface area (Å²) < 4.78 is 10.1. The summed E-state index contributed by atoms with van der Waals surface area (Å²) in [5.74, 6) is -0.377. The monoisotopic (exact) mass is 348 g/mol. The number of amides is 2. The molecule has 0 fully saturated rings. The maximum Gasteiger partial charge on any atom is 0.328 e. The van der Waals surface area contributed by atoms with E-state index in [1.165, 1.54) is 12.0 Å². The average Bonchev–Trinajstić information content (AvgIpc) is 2.64. The van der Waals surface area contributed by atoms with E-state index in [9.17, 15) is 14.4 Å². The smallest absolute Gasteiger partial charge is 0.328 e. The number of methoxy groups -OCH3 is 1. The highest BCUT2D eigenvalue weighted by Crippen LogP contribution is 2.31. The number of hydrogen-bond acceptors (Lipinski definition) is 5. The van der Waals surface area contributed by atoms with Crippen molar-refractivity contribution < 1.29 is 23.9 Å². The summed E-state index contributed by atoms with van der Waals surface area (Å²) >= 11 is 0. The van der Waals surface area contributed by atoms with Gasteiger partial charge in [0.1, 0.15) is 11.8 Å². The average molecular weight is 348 g/mol. The number of nitrogens with one attached hydrogen (secondary N) is 1. The first-order valence-electron chi connectivity index (χ1n) is 8.37. The van der Waals surface area contributed by atoms with Crippen LogP contribution in [0.15, 0.2) is 24.3 Å². The third kappa shape index (κ3) is 4.49. The first-order chi connectivity index (χ1) is 12.0. The number of fused-ring (bicyclic) bond motifs is 1. The summed E-state index contributed by atoms with van der Waals surface area (Å²) in [6.07, 6.45) is 0.819. The van der Waals surface area contributed by atoms with Gasteiger partial charge < -0.3 is 19.7 Å². The molecule has 1 aromatic carbocycles. The third-order valence-corrected chi connectivity index (χ3v) is 4.36. The van der Waals surface area contributed by atoms with Gasteiger partial charge in [-0.05, 0) is 18.1 Å². The Morgan fingerprint density at radius 1 is 1.36 bits per heavy atom. The predicted octanol–water partition coefficient (Wildman–Crippen LogP) is 1.51. The molecule has 1 aliphatic heterocycles. The molecule has 1 N–H and O–H groups in total.